The van der Waals surface area contributed by atoms with Crippen LogP contribution in [0.3, 0.4) is 0 Å². The number of thiocarbonyl (C=S) groups is 1. The third kappa shape index (κ3) is 3.96. The van der Waals surface area contributed by atoms with Gasteiger partial charge < -0.3 is 14.6 Å². The predicted octanol–water partition coefficient (Wildman–Crippen LogP) is 1.36. The molecule has 2 amide bonds. The average molecular weight is 490 g/mol. The van der Waals surface area contributed by atoms with Crippen molar-refractivity contribution in [2.45, 2.75) is 0 Å². The number of ether oxygens (including phenoxy) is 2. The highest BCUT2D eigenvalue weighted by atomic mass is 127. The van der Waals surface area contributed by atoms with E-state index in [4.69, 9.17) is 26.8 Å². The van der Waals surface area contributed by atoms with E-state index in [-0.39, 0.29) is 22.2 Å². The summed E-state index contributed by atoms with van der Waals surface area (Å²) in [6.45, 7) is -0.517. The molecule has 1 saturated heterocycles. The van der Waals surface area contributed by atoms with E-state index in [0.717, 1.165) is 0 Å². The summed E-state index contributed by atoms with van der Waals surface area (Å²) in [5.74, 6) is -1.56. The van der Waals surface area contributed by atoms with Gasteiger partial charge in [-0.05, 0) is 58.6 Å². The van der Waals surface area contributed by atoms with Gasteiger partial charge in [0.2, 0.25) is 0 Å². The fraction of sp³-hybridized carbons (Fsp3) is 0.250. The topological polar surface area (TPSA) is 96.4 Å². The highest BCUT2D eigenvalue weighted by Gasteiger charge is 2.35. The molecule has 138 valence electrons. The molecule has 10 heteroatoms. The van der Waals surface area contributed by atoms with E-state index in [1.165, 1.54) is 37.1 Å². The second-order valence-electron chi connectivity index (χ2n) is 5.29. The van der Waals surface area contributed by atoms with Crippen LogP contribution < -0.4 is 9.47 Å². The minimum Gasteiger partial charge on any atom is -0.493 e. The molecule has 0 unspecified atom stereocenters. The Morgan fingerprint density at radius 1 is 1.27 bits per heavy atom. The first-order valence-electron chi connectivity index (χ1n) is 7.21. The van der Waals surface area contributed by atoms with Crippen LogP contribution in [0.5, 0.6) is 11.5 Å². The van der Waals surface area contributed by atoms with E-state index in [9.17, 15) is 14.4 Å². The molecule has 0 aromatic heterocycles. The summed E-state index contributed by atoms with van der Waals surface area (Å²) in [5, 5.41) is 8.88. The van der Waals surface area contributed by atoms with Gasteiger partial charge in [0.25, 0.3) is 11.8 Å². The maximum Gasteiger partial charge on any atom is 0.341 e. The zero-order valence-electron chi connectivity index (χ0n) is 14.1. The number of carbonyl (C=O) groups excluding carboxylic acids is 2. The van der Waals surface area contributed by atoms with Gasteiger partial charge in [0.1, 0.15) is 5.57 Å². The molecule has 1 fully saturated rings. The maximum atomic E-state index is 12.4. The molecule has 0 bridgehead atoms. The summed E-state index contributed by atoms with van der Waals surface area (Å²) in [6, 6.07) is 3.21. The molecule has 0 spiro atoms. The number of rotatable bonds is 5. The van der Waals surface area contributed by atoms with Crippen LogP contribution >= 0.6 is 34.8 Å². The highest BCUT2D eigenvalue weighted by Crippen LogP contribution is 2.35. The molecule has 0 radical (unpaired) electrons. The smallest absolute Gasteiger partial charge is 0.341 e. The highest BCUT2D eigenvalue weighted by molar-refractivity contribution is 14.1. The van der Waals surface area contributed by atoms with Gasteiger partial charge in [-0.2, -0.15) is 0 Å². The zero-order chi connectivity index (χ0) is 19.6. The molecule has 0 atom stereocenters. The standard InChI is InChI=1S/C16H15IN2O6S/c1-18-14(22)9(15(23)19(2)16(18)26)4-8-5-10(17)13(11(6-8)24-3)25-7-12(20)21/h4-6H,7H2,1-3H3,(H,20,21). The number of carboxylic acids is 1. The molecule has 2 rings (SSSR count). The van der Waals surface area contributed by atoms with Gasteiger partial charge in [0.15, 0.2) is 23.2 Å². The Morgan fingerprint density at radius 2 is 1.85 bits per heavy atom. The second kappa shape index (κ2) is 7.99. The van der Waals surface area contributed by atoms with Gasteiger partial charge in [0, 0.05) is 14.1 Å². The van der Waals surface area contributed by atoms with E-state index in [2.05, 4.69) is 0 Å². The number of benzene rings is 1. The number of carboxylic acid groups (broad SMARTS) is 1. The van der Waals surface area contributed by atoms with Gasteiger partial charge >= 0.3 is 5.97 Å². The Balaban J connectivity index is 2.45. The van der Waals surface area contributed by atoms with E-state index in [1.54, 1.807) is 12.1 Å². The summed E-state index contributed by atoms with van der Waals surface area (Å²) >= 11 is 7.01. The number of halogens is 1. The van der Waals surface area contributed by atoms with Crippen LogP contribution in [0.15, 0.2) is 17.7 Å². The lowest BCUT2D eigenvalue weighted by Crippen LogP contribution is -2.52. The van der Waals surface area contributed by atoms with Crippen LogP contribution in [0.4, 0.5) is 0 Å². The van der Waals surface area contributed by atoms with E-state index in [1.807, 2.05) is 22.6 Å². The minimum atomic E-state index is -1.12. The van der Waals surface area contributed by atoms with E-state index in [0.29, 0.717) is 9.13 Å². The molecule has 1 aromatic rings. The number of hydrogen-bond donors (Lipinski definition) is 1. The van der Waals surface area contributed by atoms with Crippen molar-refractivity contribution in [3.8, 4) is 11.5 Å². The summed E-state index contributed by atoms with van der Waals surface area (Å²) in [5.41, 5.74) is 0.487. The Bertz CT molecular complexity index is 812. The van der Waals surface area contributed by atoms with Crippen molar-refractivity contribution in [1.29, 1.82) is 0 Å². The predicted molar refractivity (Wildman–Crippen MR) is 105 cm³/mol. The minimum absolute atomic E-state index is 0.0411. The van der Waals surface area contributed by atoms with Crippen molar-refractivity contribution in [2.24, 2.45) is 0 Å². The van der Waals surface area contributed by atoms with Crippen LogP contribution in [0.25, 0.3) is 6.08 Å². The molecule has 1 aliphatic rings. The Morgan fingerprint density at radius 3 is 2.35 bits per heavy atom. The molecular weight excluding hydrogens is 475 g/mol. The van der Waals surface area contributed by atoms with Gasteiger partial charge in [-0.15, -0.1) is 0 Å². The summed E-state index contributed by atoms with van der Waals surface area (Å²) in [6.07, 6.45) is 1.44. The summed E-state index contributed by atoms with van der Waals surface area (Å²) in [7, 11) is 4.40. The fourth-order valence-corrected chi connectivity index (χ4v) is 3.19. The number of nitrogens with zero attached hydrogens (tertiary/aromatic N) is 2. The van der Waals surface area contributed by atoms with Gasteiger partial charge in [-0.1, -0.05) is 0 Å². The van der Waals surface area contributed by atoms with Crippen molar-refractivity contribution in [3.05, 3.63) is 26.8 Å². The van der Waals surface area contributed by atoms with Crippen molar-refractivity contribution in [3.63, 3.8) is 0 Å². The Kier molecular flexibility index (Phi) is 6.18. The molecule has 1 heterocycles. The quantitative estimate of drug-likeness (QED) is 0.288. The molecule has 8 nitrogen and oxygen atoms in total. The first-order chi connectivity index (χ1) is 12.2. The SMILES string of the molecule is COc1cc(C=C2C(=O)N(C)C(=S)N(C)C2=O)cc(I)c1OCC(=O)O. The first kappa shape index (κ1) is 20.1. The lowest BCUT2D eigenvalue weighted by molar-refractivity contribution is -0.139. The third-order valence-electron chi connectivity index (χ3n) is 3.55. The maximum absolute atomic E-state index is 12.4. The molecule has 1 aliphatic heterocycles. The van der Waals surface area contributed by atoms with Crippen molar-refractivity contribution >= 4 is 63.8 Å². The van der Waals surface area contributed by atoms with Crippen molar-refractivity contribution in [2.75, 3.05) is 27.8 Å². The normalized spacial score (nSPS) is 14.6. The van der Waals surface area contributed by atoms with Gasteiger partial charge in [-0.25, -0.2) is 4.79 Å². The number of methoxy groups -OCH3 is 1. The van der Waals surface area contributed by atoms with Gasteiger partial charge in [-0.3, -0.25) is 19.4 Å². The number of carbonyl (C=O) groups is 3. The molecular formula is C16H15IN2O6S. The third-order valence-corrected chi connectivity index (χ3v) is 4.90. The first-order valence-corrected chi connectivity index (χ1v) is 8.70. The molecule has 26 heavy (non-hydrogen) atoms. The number of aliphatic carboxylic acids is 1. The lowest BCUT2D eigenvalue weighted by atomic mass is 10.1. The molecule has 0 aliphatic carbocycles. The van der Waals surface area contributed by atoms with Crippen molar-refractivity contribution < 1.29 is 29.0 Å². The number of hydrogen-bond acceptors (Lipinski definition) is 6. The monoisotopic (exact) mass is 490 g/mol. The molecule has 1 N–H and O–H groups in total. The van der Waals surface area contributed by atoms with Crippen LogP contribution in [0.1, 0.15) is 5.56 Å². The van der Waals surface area contributed by atoms with Gasteiger partial charge in [0.05, 0.1) is 10.7 Å². The van der Waals surface area contributed by atoms with Crippen LogP contribution in [0, 0.1) is 3.57 Å². The Hall–Kier alpha value is -2.21. The number of likely N-dealkylation sites (N-methyl/N-ethyl adjacent to an activating group) is 2. The summed E-state index contributed by atoms with van der Waals surface area (Å²) in [4.78, 5) is 37.9. The lowest BCUT2D eigenvalue weighted by Gasteiger charge is -2.31. The number of amides is 2. The van der Waals surface area contributed by atoms with E-state index < -0.39 is 24.4 Å². The summed E-state index contributed by atoms with van der Waals surface area (Å²) < 4.78 is 11.0. The average Bonchev–Trinajstić information content (AvgIpc) is 2.60. The van der Waals surface area contributed by atoms with Crippen LogP contribution in [-0.2, 0) is 14.4 Å². The van der Waals surface area contributed by atoms with E-state index >= 15 is 0 Å². The fourth-order valence-electron chi connectivity index (χ4n) is 2.24. The molecule has 0 saturated carbocycles. The van der Waals surface area contributed by atoms with Crippen LogP contribution in [-0.4, -0.2) is 65.6 Å². The zero-order valence-corrected chi connectivity index (χ0v) is 17.1. The van der Waals surface area contributed by atoms with Crippen molar-refractivity contribution in [1.82, 2.24) is 9.80 Å². The van der Waals surface area contributed by atoms with Crippen LogP contribution in [0.2, 0.25) is 0 Å². The largest absolute Gasteiger partial charge is 0.493 e. The molecule has 1 aromatic carbocycles. The Labute approximate surface area is 168 Å². The second-order valence-corrected chi connectivity index (χ2v) is 6.81.